The van der Waals surface area contributed by atoms with Gasteiger partial charge in [-0.15, -0.1) is 0 Å². The summed E-state index contributed by atoms with van der Waals surface area (Å²) in [6.07, 6.45) is 0. The van der Waals surface area contributed by atoms with E-state index in [-0.39, 0.29) is 12.5 Å². The first kappa shape index (κ1) is 16.3. The van der Waals surface area contributed by atoms with Gasteiger partial charge in [-0.3, -0.25) is 10.1 Å². The lowest BCUT2D eigenvalue weighted by Gasteiger charge is -2.06. The molecule has 0 aliphatic heterocycles. The van der Waals surface area contributed by atoms with E-state index in [0.29, 0.717) is 10.9 Å². The second-order valence-corrected chi connectivity index (χ2v) is 6.41. The molecular formula is C18H18N2O3S. The standard InChI is InChI=1S/C18H18N2O3S/c1-11-4-5-12(2)17-16(11)20-18(24-17)19-15(21)10-23-14-8-6-13(22-3)7-9-14/h4-9H,10H2,1-3H3,(H,19,20,21). The Labute approximate surface area is 144 Å². The Morgan fingerprint density at radius 2 is 1.75 bits per heavy atom. The zero-order valence-corrected chi connectivity index (χ0v) is 14.6. The smallest absolute Gasteiger partial charge is 0.264 e. The van der Waals surface area contributed by atoms with E-state index in [0.717, 1.165) is 27.1 Å². The van der Waals surface area contributed by atoms with Crippen molar-refractivity contribution in [3.8, 4) is 11.5 Å². The van der Waals surface area contributed by atoms with Crippen LogP contribution in [0.4, 0.5) is 5.13 Å². The van der Waals surface area contributed by atoms with Crippen molar-refractivity contribution in [2.75, 3.05) is 19.0 Å². The van der Waals surface area contributed by atoms with Crippen LogP contribution in [-0.2, 0) is 4.79 Å². The highest BCUT2D eigenvalue weighted by Gasteiger charge is 2.11. The highest BCUT2D eigenvalue weighted by molar-refractivity contribution is 7.22. The summed E-state index contributed by atoms with van der Waals surface area (Å²) < 4.78 is 11.6. The molecule has 0 radical (unpaired) electrons. The summed E-state index contributed by atoms with van der Waals surface area (Å²) in [5.74, 6) is 1.12. The maximum absolute atomic E-state index is 12.1. The number of aromatic nitrogens is 1. The minimum atomic E-state index is -0.236. The van der Waals surface area contributed by atoms with Gasteiger partial charge in [0.05, 0.1) is 17.3 Å². The molecule has 1 aromatic heterocycles. The Hall–Kier alpha value is -2.60. The van der Waals surface area contributed by atoms with Gasteiger partial charge in [-0.1, -0.05) is 23.5 Å². The number of thiazole rings is 1. The van der Waals surface area contributed by atoms with Gasteiger partial charge in [0.1, 0.15) is 11.5 Å². The summed E-state index contributed by atoms with van der Waals surface area (Å²) in [5, 5.41) is 3.39. The Morgan fingerprint density at radius 1 is 1.08 bits per heavy atom. The molecule has 3 rings (SSSR count). The van der Waals surface area contributed by atoms with Crippen LogP contribution in [0.3, 0.4) is 0 Å². The molecule has 6 heteroatoms. The van der Waals surface area contributed by atoms with Crippen molar-refractivity contribution in [3.63, 3.8) is 0 Å². The maximum atomic E-state index is 12.1. The molecule has 0 atom stereocenters. The molecule has 0 saturated heterocycles. The number of nitrogens with zero attached hydrogens (tertiary/aromatic N) is 1. The Balaban J connectivity index is 1.64. The topological polar surface area (TPSA) is 60.5 Å². The molecule has 3 aromatic rings. The van der Waals surface area contributed by atoms with Gasteiger partial charge in [0.2, 0.25) is 0 Å². The fourth-order valence-electron chi connectivity index (χ4n) is 2.29. The van der Waals surface area contributed by atoms with Crippen molar-refractivity contribution in [1.29, 1.82) is 0 Å². The van der Waals surface area contributed by atoms with Crippen LogP contribution in [0.2, 0.25) is 0 Å². The Bertz CT molecular complexity index is 833. The molecule has 0 bridgehead atoms. The van der Waals surface area contributed by atoms with E-state index in [1.165, 1.54) is 11.3 Å². The predicted molar refractivity (Wildman–Crippen MR) is 96.2 cm³/mol. The van der Waals surface area contributed by atoms with Crippen molar-refractivity contribution in [3.05, 3.63) is 47.5 Å². The van der Waals surface area contributed by atoms with E-state index in [4.69, 9.17) is 9.47 Å². The molecule has 24 heavy (non-hydrogen) atoms. The van der Waals surface area contributed by atoms with Gasteiger partial charge in [-0.25, -0.2) is 4.98 Å². The van der Waals surface area contributed by atoms with Crippen LogP contribution in [0.1, 0.15) is 11.1 Å². The number of methoxy groups -OCH3 is 1. The lowest BCUT2D eigenvalue weighted by Crippen LogP contribution is -2.19. The minimum Gasteiger partial charge on any atom is -0.497 e. The average Bonchev–Trinajstić information content (AvgIpc) is 3.02. The van der Waals surface area contributed by atoms with Gasteiger partial charge in [-0.05, 0) is 49.2 Å². The Kier molecular flexibility index (Phi) is 4.66. The highest BCUT2D eigenvalue weighted by Crippen LogP contribution is 2.30. The number of hydrogen-bond donors (Lipinski definition) is 1. The molecule has 5 nitrogen and oxygen atoms in total. The van der Waals surface area contributed by atoms with Crippen LogP contribution in [0.15, 0.2) is 36.4 Å². The molecule has 0 saturated carbocycles. The number of nitrogens with one attached hydrogen (secondary N) is 1. The zero-order valence-electron chi connectivity index (χ0n) is 13.8. The second-order valence-electron chi connectivity index (χ2n) is 5.41. The third-order valence-electron chi connectivity index (χ3n) is 3.62. The number of carbonyl (C=O) groups excluding carboxylic acids is 1. The fourth-order valence-corrected chi connectivity index (χ4v) is 3.32. The summed E-state index contributed by atoms with van der Waals surface area (Å²) in [6.45, 7) is 3.98. The lowest BCUT2D eigenvalue weighted by molar-refractivity contribution is -0.118. The number of carbonyl (C=O) groups is 1. The third kappa shape index (κ3) is 3.49. The molecule has 1 amide bonds. The summed E-state index contributed by atoms with van der Waals surface area (Å²) in [6, 6.07) is 11.2. The third-order valence-corrected chi connectivity index (χ3v) is 4.72. The molecule has 0 aliphatic rings. The van der Waals surface area contributed by atoms with Gasteiger partial charge < -0.3 is 9.47 Å². The van der Waals surface area contributed by atoms with Crippen molar-refractivity contribution in [2.45, 2.75) is 13.8 Å². The molecule has 0 fully saturated rings. The molecule has 1 heterocycles. The normalized spacial score (nSPS) is 10.6. The van der Waals surface area contributed by atoms with Gasteiger partial charge >= 0.3 is 0 Å². The van der Waals surface area contributed by atoms with Crippen LogP contribution >= 0.6 is 11.3 Å². The summed E-state index contributed by atoms with van der Waals surface area (Å²) in [7, 11) is 1.60. The minimum absolute atomic E-state index is 0.0692. The van der Waals surface area contributed by atoms with E-state index in [2.05, 4.69) is 16.4 Å². The van der Waals surface area contributed by atoms with Crippen molar-refractivity contribution >= 4 is 32.6 Å². The number of benzene rings is 2. The monoisotopic (exact) mass is 342 g/mol. The summed E-state index contributed by atoms with van der Waals surface area (Å²) in [5.41, 5.74) is 3.19. The largest absolute Gasteiger partial charge is 0.497 e. The number of anilines is 1. The van der Waals surface area contributed by atoms with Gasteiger partial charge in [0.15, 0.2) is 11.7 Å². The number of amides is 1. The van der Waals surface area contributed by atoms with Gasteiger partial charge in [0.25, 0.3) is 5.91 Å². The van der Waals surface area contributed by atoms with E-state index in [9.17, 15) is 4.79 Å². The van der Waals surface area contributed by atoms with Crippen LogP contribution in [0, 0.1) is 13.8 Å². The quantitative estimate of drug-likeness (QED) is 0.763. The second kappa shape index (κ2) is 6.88. The van der Waals surface area contributed by atoms with Gasteiger partial charge in [-0.2, -0.15) is 0 Å². The highest BCUT2D eigenvalue weighted by atomic mass is 32.1. The number of ether oxygens (including phenoxy) is 2. The first-order valence-electron chi connectivity index (χ1n) is 7.50. The zero-order chi connectivity index (χ0) is 17.1. The van der Waals surface area contributed by atoms with E-state index >= 15 is 0 Å². The molecule has 0 aliphatic carbocycles. The van der Waals surface area contributed by atoms with Crippen LogP contribution < -0.4 is 14.8 Å². The maximum Gasteiger partial charge on any atom is 0.264 e. The SMILES string of the molecule is COc1ccc(OCC(=O)Nc2nc3c(C)ccc(C)c3s2)cc1. The molecule has 124 valence electrons. The summed E-state index contributed by atoms with van der Waals surface area (Å²) >= 11 is 1.48. The first-order valence-corrected chi connectivity index (χ1v) is 8.32. The van der Waals surface area contributed by atoms with E-state index < -0.39 is 0 Å². The first-order chi connectivity index (χ1) is 11.6. The number of rotatable bonds is 5. The van der Waals surface area contributed by atoms with E-state index in [1.807, 2.05) is 19.9 Å². The van der Waals surface area contributed by atoms with Crippen molar-refractivity contribution in [2.24, 2.45) is 0 Å². The van der Waals surface area contributed by atoms with E-state index in [1.54, 1.807) is 31.4 Å². The molecule has 0 spiro atoms. The van der Waals surface area contributed by atoms with Crippen LogP contribution in [-0.4, -0.2) is 24.6 Å². The molecular weight excluding hydrogens is 324 g/mol. The van der Waals surface area contributed by atoms with Gasteiger partial charge in [0, 0.05) is 0 Å². The average molecular weight is 342 g/mol. The molecule has 1 N–H and O–H groups in total. The number of hydrogen-bond acceptors (Lipinski definition) is 5. The van der Waals surface area contributed by atoms with Crippen molar-refractivity contribution in [1.82, 2.24) is 4.98 Å². The van der Waals surface area contributed by atoms with Crippen LogP contribution in [0.5, 0.6) is 11.5 Å². The fraction of sp³-hybridized carbons (Fsp3) is 0.222. The number of aryl methyl sites for hydroxylation is 2. The molecule has 2 aromatic carbocycles. The molecule has 0 unspecified atom stereocenters. The van der Waals surface area contributed by atoms with Crippen molar-refractivity contribution < 1.29 is 14.3 Å². The predicted octanol–water partition coefficient (Wildman–Crippen LogP) is 3.94. The summed E-state index contributed by atoms with van der Waals surface area (Å²) in [4.78, 5) is 16.6. The van der Waals surface area contributed by atoms with Crippen LogP contribution in [0.25, 0.3) is 10.2 Å². The Morgan fingerprint density at radius 3 is 2.42 bits per heavy atom. The number of fused-ring (bicyclic) bond motifs is 1. The lowest BCUT2D eigenvalue weighted by atomic mass is 10.1.